The molecule has 2 N–H and O–H groups in total. The summed E-state index contributed by atoms with van der Waals surface area (Å²) in [6.07, 6.45) is 0.787. The summed E-state index contributed by atoms with van der Waals surface area (Å²) in [5.74, 6) is -0.882. The third kappa shape index (κ3) is 3.36. The molecule has 0 saturated carbocycles. The second-order valence-electron chi connectivity index (χ2n) is 7.63. The van der Waals surface area contributed by atoms with E-state index in [9.17, 15) is 4.79 Å². The molecule has 1 amide bonds. The Labute approximate surface area is 179 Å². The second kappa shape index (κ2) is 7.73. The van der Waals surface area contributed by atoms with Crippen LogP contribution in [-0.2, 0) is 13.0 Å². The first-order valence-corrected chi connectivity index (χ1v) is 10.1. The number of fused-ring (bicyclic) bond motifs is 3. The van der Waals surface area contributed by atoms with Gasteiger partial charge in [0.15, 0.2) is 0 Å². The summed E-state index contributed by atoms with van der Waals surface area (Å²) in [6, 6.07) is 29.9. The van der Waals surface area contributed by atoms with Crippen LogP contribution in [0.5, 0.6) is 0 Å². The smallest absolute Gasteiger partial charge is 0.249 e. The topological polar surface area (TPSA) is 48.0 Å². The van der Waals surface area contributed by atoms with Gasteiger partial charge in [-0.2, -0.15) is 0 Å². The van der Waals surface area contributed by atoms with Crippen LogP contribution in [0.15, 0.2) is 84.9 Å². The maximum atomic E-state index is 15.0. The molecule has 4 heteroatoms. The zero-order chi connectivity index (χ0) is 21.4. The molecule has 0 unspecified atom stereocenters. The monoisotopic (exact) mass is 407 g/mol. The Morgan fingerprint density at radius 2 is 1.65 bits per heavy atom. The first kappa shape index (κ1) is 19.1. The standard InChI is InChI=1S/C27H20FN2O/c28-23-14-6-12-21-25-22(27(29)31)13-7-15-24(25)30(26(21)23)17-20-11-5-4-10-19(20)16-18-8-2-1-3-9-18/h1-11,13-15H,16-17H2,(H2,29,31). The molecular formula is C27H20FN2O. The van der Waals surface area contributed by atoms with Gasteiger partial charge in [-0.15, -0.1) is 0 Å². The number of rotatable bonds is 5. The summed E-state index contributed by atoms with van der Waals surface area (Å²) in [5, 5.41) is 1.22. The second-order valence-corrected chi connectivity index (χ2v) is 7.63. The molecule has 4 aromatic carbocycles. The summed E-state index contributed by atoms with van der Waals surface area (Å²) in [4.78, 5) is 12.1. The molecule has 151 valence electrons. The molecule has 0 aliphatic heterocycles. The van der Waals surface area contributed by atoms with Gasteiger partial charge >= 0.3 is 0 Å². The maximum absolute atomic E-state index is 15.0. The lowest BCUT2D eigenvalue weighted by Crippen LogP contribution is -2.11. The molecule has 0 bridgehead atoms. The first-order chi connectivity index (χ1) is 15.1. The average molecular weight is 407 g/mol. The van der Waals surface area contributed by atoms with Gasteiger partial charge in [-0.05, 0) is 47.4 Å². The molecule has 1 heterocycles. The van der Waals surface area contributed by atoms with E-state index in [4.69, 9.17) is 5.73 Å². The summed E-state index contributed by atoms with van der Waals surface area (Å²) in [7, 11) is 0. The summed E-state index contributed by atoms with van der Waals surface area (Å²) < 4.78 is 16.9. The Kier molecular flexibility index (Phi) is 4.75. The van der Waals surface area contributed by atoms with Crippen molar-refractivity contribution in [2.45, 2.75) is 13.0 Å². The fraction of sp³-hybridized carbons (Fsp3) is 0.0741. The van der Waals surface area contributed by atoms with E-state index < -0.39 is 5.91 Å². The normalized spacial score (nSPS) is 11.3. The van der Waals surface area contributed by atoms with Crippen molar-refractivity contribution < 1.29 is 9.18 Å². The number of primary amides is 1. The van der Waals surface area contributed by atoms with E-state index >= 15 is 4.39 Å². The molecular weight excluding hydrogens is 387 g/mol. The van der Waals surface area contributed by atoms with E-state index in [0.29, 0.717) is 28.4 Å². The van der Waals surface area contributed by atoms with Crippen molar-refractivity contribution >= 4 is 27.7 Å². The molecule has 0 atom stereocenters. The van der Waals surface area contributed by atoms with Crippen LogP contribution in [0.3, 0.4) is 0 Å². The van der Waals surface area contributed by atoms with Crippen molar-refractivity contribution in [1.82, 2.24) is 4.57 Å². The van der Waals surface area contributed by atoms with Gasteiger partial charge in [0.1, 0.15) is 5.82 Å². The van der Waals surface area contributed by atoms with Crippen LogP contribution in [-0.4, -0.2) is 10.5 Å². The van der Waals surface area contributed by atoms with Crippen LogP contribution >= 0.6 is 0 Å². The van der Waals surface area contributed by atoms with Crippen molar-refractivity contribution in [3.63, 3.8) is 0 Å². The Morgan fingerprint density at radius 1 is 0.903 bits per heavy atom. The number of nitrogens with zero attached hydrogens (tertiary/aromatic N) is 1. The number of halogens is 1. The molecule has 0 aliphatic carbocycles. The quantitative estimate of drug-likeness (QED) is 0.413. The highest BCUT2D eigenvalue weighted by molar-refractivity contribution is 6.17. The molecule has 5 aromatic rings. The van der Waals surface area contributed by atoms with E-state index in [0.717, 1.165) is 17.5 Å². The van der Waals surface area contributed by atoms with E-state index in [1.165, 1.54) is 17.2 Å². The minimum absolute atomic E-state index is 0.346. The third-order valence-corrected chi connectivity index (χ3v) is 5.72. The van der Waals surface area contributed by atoms with Crippen molar-refractivity contribution in [2.24, 2.45) is 5.73 Å². The lowest BCUT2D eigenvalue weighted by atomic mass is 9.99. The molecule has 1 aromatic heterocycles. The van der Waals surface area contributed by atoms with Crippen molar-refractivity contribution in [3.05, 3.63) is 119 Å². The van der Waals surface area contributed by atoms with Crippen molar-refractivity contribution in [2.75, 3.05) is 0 Å². The number of hydrogen-bond acceptors (Lipinski definition) is 1. The number of hydrogen-bond donors (Lipinski definition) is 1. The zero-order valence-electron chi connectivity index (χ0n) is 16.8. The Balaban J connectivity index is 1.70. The van der Waals surface area contributed by atoms with E-state index in [2.05, 4.69) is 30.3 Å². The van der Waals surface area contributed by atoms with E-state index in [1.54, 1.807) is 18.2 Å². The average Bonchev–Trinajstić information content (AvgIpc) is 3.11. The highest BCUT2D eigenvalue weighted by Gasteiger charge is 2.19. The van der Waals surface area contributed by atoms with Gasteiger partial charge in [0.2, 0.25) is 5.91 Å². The number of amides is 1. The number of carbonyl (C=O) groups excluding carboxylic acids is 1. The van der Waals surface area contributed by atoms with Gasteiger partial charge in [-0.25, -0.2) is 4.39 Å². The lowest BCUT2D eigenvalue weighted by Gasteiger charge is -2.13. The Hall–Kier alpha value is -3.92. The molecule has 5 rings (SSSR count). The van der Waals surface area contributed by atoms with E-state index in [1.807, 2.05) is 41.0 Å². The number of benzene rings is 4. The van der Waals surface area contributed by atoms with Gasteiger partial charge in [-0.1, -0.05) is 66.7 Å². The van der Waals surface area contributed by atoms with Gasteiger partial charge in [0, 0.05) is 22.9 Å². The molecule has 3 nitrogen and oxygen atoms in total. The number of aromatic nitrogens is 1. The predicted octanol–water partition coefficient (Wildman–Crippen LogP) is 5.47. The van der Waals surface area contributed by atoms with Gasteiger partial charge in [0.05, 0.1) is 11.0 Å². The number of carbonyl (C=O) groups is 1. The summed E-state index contributed by atoms with van der Waals surface area (Å²) in [5.41, 5.74) is 10.7. The van der Waals surface area contributed by atoms with E-state index in [-0.39, 0.29) is 5.82 Å². The first-order valence-electron chi connectivity index (χ1n) is 10.1. The lowest BCUT2D eigenvalue weighted by molar-refractivity contribution is 0.100. The van der Waals surface area contributed by atoms with Gasteiger partial charge in [0.25, 0.3) is 0 Å². The predicted molar refractivity (Wildman–Crippen MR) is 122 cm³/mol. The van der Waals surface area contributed by atoms with Crippen molar-refractivity contribution in [1.29, 1.82) is 0 Å². The third-order valence-electron chi connectivity index (χ3n) is 5.72. The van der Waals surface area contributed by atoms with Crippen molar-refractivity contribution in [3.8, 4) is 0 Å². The maximum Gasteiger partial charge on any atom is 0.249 e. The molecule has 0 fully saturated rings. The molecule has 0 aliphatic rings. The molecule has 0 saturated heterocycles. The van der Waals surface area contributed by atoms with Gasteiger partial charge in [-0.3, -0.25) is 4.79 Å². The highest BCUT2D eigenvalue weighted by Crippen LogP contribution is 2.33. The molecule has 0 spiro atoms. The van der Waals surface area contributed by atoms with Gasteiger partial charge < -0.3 is 10.3 Å². The van der Waals surface area contributed by atoms with Crippen LogP contribution < -0.4 is 5.73 Å². The minimum Gasteiger partial charge on any atom is -0.366 e. The van der Waals surface area contributed by atoms with Crippen LogP contribution in [0.25, 0.3) is 21.8 Å². The fourth-order valence-corrected chi connectivity index (χ4v) is 4.31. The van der Waals surface area contributed by atoms with Crippen LogP contribution in [0.4, 0.5) is 4.39 Å². The van der Waals surface area contributed by atoms with Crippen LogP contribution in [0, 0.1) is 11.9 Å². The Morgan fingerprint density at radius 3 is 2.42 bits per heavy atom. The number of nitrogens with two attached hydrogens (primary N) is 1. The largest absolute Gasteiger partial charge is 0.366 e. The Bertz CT molecular complexity index is 1420. The molecule has 31 heavy (non-hydrogen) atoms. The molecule has 1 radical (unpaired) electrons. The highest BCUT2D eigenvalue weighted by atomic mass is 19.1. The fourth-order valence-electron chi connectivity index (χ4n) is 4.31. The summed E-state index contributed by atoms with van der Waals surface area (Å²) in [6.45, 7) is 0.472. The minimum atomic E-state index is -0.535. The zero-order valence-corrected chi connectivity index (χ0v) is 16.8. The van der Waals surface area contributed by atoms with Crippen LogP contribution in [0.1, 0.15) is 27.0 Å². The van der Waals surface area contributed by atoms with Crippen LogP contribution in [0.2, 0.25) is 0 Å². The SMILES string of the molecule is NC(=O)c1cccc2c1c1[c]ccc(F)c1n2Cc1ccccc1Cc1ccccc1. The summed E-state index contributed by atoms with van der Waals surface area (Å²) >= 11 is 0.